The first-order valence-corrected chi connectivity index (χ1v) is 10.5. The molecule has 190 valence electrons. The van der Waals surface area contributed by atoms with Crippen LogP contribution in [-0.4, -0.2) is 39.0 Å². The summed E-state index contributed by atoms with van der Waals surface area (Å²) >= 11 is 0. The molecule has 4 N–H and O–H groups in total. The summed E-state index contributed by atoms with van der Waals surface area (Å²) in [6.07, 6.45) is -0.794. The smallest absolute Gasteiger partial charge is 0.416 e. The Morgan fingerprint density at radius 2 is 1.68 bits per heavy atom. The van der Waals surface area contributed by atoms with Crippen molar-refractivity contribution in [1.29, 1.82) is 0 Å². The molecule has 0 aliphatic carbocycles. The largest absolute Gasteiger partial charge is 0.457 e. The number of urea groups is 1. The van der Waals surface area contributed by atoms with Gasteiger partial charge in [0.25, 0.3) is 0 Å². The Balaban J connectivity index is 1.47. The van der Waals surface area contributed by atoms with Gasteiger partial charge in [0.1, 0.15) is 24.2 Å². The average molecular weight is 514 g/mol. The maximum Gasteiger partial charge on any atom is 0.416 e. The number of rotatable bonds is 6. The van der Waals surface area contributed by atoms with Crippen molar-refractivity contribution in [1.82, 2.24) is 20.1 Å². The average Bonchev–Trinajstić information content (AvgIpc) is 3.40. The fraction of sp³-hybridized carbons (Fsp3) is 0.0870. The van der Waals surface area contributed by atoms with Crippen molar-refractivity contribution in [3.05, 3.63) is 84.7 Å². The Kier molecular flexibility index (Phi) is 6.90. The van der Waals surface area contributed by atoms with Gasteiger partial charge in [-0.1, -0.05) is 0 Å². The molecular weight excluding hydrogens is 495 g/mol. The van der Waals surface area contributed by atoms with Crippen molar-refractivity contribution in [3.63, 3.8) is 0 Å². The van der Waals surface area contributed by atoms with Crippen LogP contribution >= 0.6 is 0 Å². The van der Waals surface area contributed by atoms with Crippen LogP contribution in [0.1, 0.15) is 16.1 Å². The van der Waals surface area contributed by atoms with Gasteiger partial charge in [-0.05, 0) is 42.5 Å². The number of aromatic nitrogens is 4. The molecule has 0 fully saturated rings. The van der Waals surface area contributed by atoms with Gasteiger partial charge in [0.15, 0.2) is 0 Å². The van der Waals surface area contributed by atoms with Gasteiger partial charge in [-0.15, -0.1) is 10.2 Å². The van der Waals surface area contributed by atoms with Crippen LogP contribution in [0.15, 0.2) is 73.4 Å². The van der Waals surface area contributed by atoms with Crippen molar-refractivity contribution in [2.75, 3.05) is 17.7 Å². The Labute approximate surface area is 207 Å². The van der Waals surface area contributed by atoms with Crippen LogP contribution in [0.5, 0.6) is 11.5 Å². The molecule has 11 nitrogen and oxygen atoms in total. The number of anilines is 2. The van der Waals surface area contributed by atoms with Crippen molar-refractivity contribution in [2.45, 2.75) is 6.18 Å². The van der Waals surface area contributed by atoms with Crippen LogP contribution in [0.25, 0.3) is 5.69 Å². The van der Waals surface area contributed by atoms with Crippen molar-refractivity contribution >= 4 is 23.3 Å². The quantitative estimate of drug-likeness (QED) is 0.230. The molecule has 0 bridgehead atoms. The Morgan fingerprint density at radius 1 is 0.973 bits per heavy atom. The number of hydrogen-bond acceptors (Lipinski definition) is 6. The standard InChI is InChI=1S/C23H18F3N7O4/c1-27-21(34)20-11-17(8-9-33(20)36)37-16-5-3-15(4-6-16)30-22(35)31-18-10-14(23(24,25)26)2-7-19(18)32-12-28-29-13-32/h2-13H,1H3,(H3-,27,30,31,34,35,36)/p+1. The van der Waals surface area contributed by atoms with E-state index in [-0.39, 0.29) is 22.8 Å². The second-order valence-electron chi connectivity index (χ2n) is 7.48. The monoisotopic (exact) mass is 514 g/mol. The third-order valence-corrected chi connectivity index (χ3v) is 4.98. The molecule has 2 heterocycles. The first kappa shape index (κ1) is 25.0. The van der Waals surface area contributed by atoms with Gasteiger partial charge in [-0.2, -0.15) is 13.2 Å². The second-order valence-corrected chi connectivity index (χ2v) is 7.48. The summed E-state index contributed by atoms with van der Waals surface area (Å²) in [5, 5.41) is 24.4. The summed E-state index contributed by atoms with van der Waals surface area (Å²) < 4.78 is 47.3. The first-order valence-electron chi connectivity index (χ1n) is 10.5. The van der Waals surface area contributed by atoms with E-state index in [1.807, 2.05) is 0 Å². The van der Waals surface area contributed by atoms with Crippen LogP contribution < -0.4 is 25.4 Å². The molecule has 0 aliphatic rings. The van der Waals surface area contributed by atoms with Gasteiger partial charge in [-0.3, -0.25) is 14.6 Å². The van der Waals surface area contributed by atoms with E-state index in [1.165, 1.54) is 72.9 Å². The number of amides is 3. The second kappa shape index (κ2) is 10.2. The van der Waals surface area contributed by atoms with E-state index in [0.29, 0.717) is 16.2 Å². The zero-order chi connectivity index (χ0) is 26.6. The maximum absolute atomic E-state index is 13.2. The highest BCUT2D eigenvalue weighted by atomic mass is 19.4. The van der Waals surface area contributed by atoms with Crippen LogP contribution in [0.4, 0.5) is 29.3 Å². The van der Waals surface area contributed by atoms with Gasteiger partial charge < -0.3 is 20.7 Å². The lowest BCUT2D eigenvalue weighted by molar-refractivity contribution is -0.905. The normalized spacial score (nSPS) is 11.0. The molecule has 0 saturated heterocycles. The fourth-order valence-electron chi connectivity index (χ4n) is 3.22. The predicted octanol–water partition coefficient (Wildman–Crippen LogP) is 3.61. The summed E-state index contributed by atoms with van der Waals surface area (Å²) in [6.45, 7) is 0. The number of carbonyl (C=O) groups is 2. The topological polar surface area (TPSA) is 134 Å². The third kappa shape index (κ3) is 5.93. The minimum atomic E-state index is -4.61. The number of alkyl halides is 3. The number of ether oxygens (including phenoxy) is 1. The highest BCUT2D eigenvalue weighted by Gasteiger charge is 2.31. The molecule has 0 unspecified atom stereocenters. The zero-order valence-corrected chi connectivity index (χ0v) is 19.0. The number of nitrogens with one attached hydrogen (secondary N) is 3. The van der Waals surface area contributed by atoms with E-state index in [2.05, 4.69) is 26.1 Å². The summed E-state index contributed by atoms with van der Waals surface area (Å²) in [7, 11) is 1.42. The molecular formula is C23H19F3N7O4+. The molecule has 4 aromatic rings. The molecule has 0 radical (unpaired) electrons. The molecule has 14 heteroatoms. The van der Waals surface area contributed by atoms with Gasteiger partial charge in [0.05, 0.1) is 23.0 Å². The van der Waals surface area contributed by atoms with Crippen LogP contribution in [0, 0.1) is 0 Å². The predicted molar refractivity (Wildman–Crippen MR) is 123 cm³/mol. The molecule has 0 spiro atoms. The minimum absolute atomic E-state index is 0.0459. The summed E-state index contributed by atoms with van der Waals surface area (Å²) in [4.78, 5) is 24.4. The molecule has 2 aromatic carbocycles. The fourth-order valence-corrected chi connectivity index (χ4v) is 3.22. The number of halogens is 3. The Morgan fingerprint density at radius 3 is 2.32 bits per heavy atom. The number of hydrogen-bond donors (Lipinski definition) is 4. The van der Waals surface area contributed by atoms with Crippen molar-refractivity contribution < 1.29 is 37.4 Å². The molecule has 4 rings (SSSR count). The number of benzene rings is 2. The molecule has 0 atom stereocenters. The van der Waals surface area contributed by atoms with E-state index in [9.17, 15) is 28.0 Å². The van der Waals surface area contributed by atoms with Crippen LogP contribution in [0.2, 0.25) is 0 Å². The lowest BCUT2D eigenvalue weighted by Gasteiger charge is -2.15. The van der Waals surface area contributed by atoms with Gasteiger partial charge in [0, 0.05) is 23.5 Å². The zero-order valence-electron chi connectivity index (χ0n) is 19.0. The third-order valence-electron chi connectivity index (χ3n) is 4.98. The summed E-state index contributed by atoms with van der Waals surface area (Å²) in [5.74, 6) is 0.109. The summed E-state index contributed by atoms with van der Waals surface area (Å²) in [5.41, 5.74) is -0.525. The van der Waals surface area contributed by atoms with Crippen LogP contribution in [0.3, 0.4) is 0 Å². The van der Waals surface area contributed by atoms with Crippen LogP contribution in [-0.2, 0) is 6.18 Å². The highest BCUT2D eigenvalue weighted by Crippen LogP contribution is 2.33. The molecule has 0 aliphatic heterocycles. The van der Waals surface area contributed by atoms with Crippen molar-refractivity contribution in [2.24, 2.45) is 0 Å². The van der Waals surface area contributed by atoms with E-state index < -0.39 is 23.7 Å². The van der Waals surface area contributed by atoms with E-state index in [1.54, 1.807) is 0 Å². The lowest BCUT2D eigenvalue weighted by Crippen LogP contribution is -2.40. The lowest BCUT2D eigenvalue weighted by atomic mass is 10.1. The Hall–Kier alpha value is -5.14. The number of pyridine rings is 1. The first-order chi connectivity index (χ1) is 17.6. The molecule has 2 aromatic heterocycles. The van der Waals surface area contributed by atoms with E-state index in [4.69, 9.17) is 4.74 Å². The van der Waals surface area contributed by atoms with Gasteiger partial charge in [0.2, 0.25) is 6.20 Å². The SMILES string of the molecule is CNC(=O)c1cc(Oc2ccc(NC(=O)Nc3cc(C(F)(F)F)ccc3-n3cnnc3)cc2)cc[n+]1O. The minimum Gasteiger partial charge on any atom is -0.457 e. The van der Waals surface area contributed by atoms with Gasteiger partial charge >= 0.3 is 23.8 Å². The molecule has 37 heavy (non-hydrogen) atoms. The molecule has 3 amide bonds. The van der Waals surface area contributed by atoms with Gasteiger partial charge in [-0.25, -0.2) is 4.79 Å². The highest BCUT2D eigenvalue weighted by molar-refractivity contribution is 6.01. The van der Waals surface area contributed by atoms with Crippen molar-refractivity contribution in [3.8, 4) is 17.2 Å². The number of carbonyl (C=O) groups excluding carboxylic acids is 2. The Bertz CT molecular complexity index is 1430. The maximum atomic E-state index is 13.2. The molecule has 0 saturated carbocycles. The number of nitrogens with zero attached hydrogens (tertiary/aromatic N) is 4. The van der Waals surface area contributed by atoms with E-state index >= 15 is 0 Å². The van der Waals surface area contributed by atoms with E-state index in [0.717, 1.165) is 12.1 Å². The summed E-state index contributed by atoms with van der Waals surface area (Å²) in [6, 6.07) is 11.0.